The van der Waals surface area contributed by atoms with Crippen LogP contribution in [-0.2, 0) is 10.0 Å². The Labute approximate surface area is 158 Å². The van der Waals surface area contributed by atoms with Crippen LogP contribution in [0.4, 0.5) is 5.69 Å². The van der Waals surface area contributed by atoms with E-state index in [9.17, 15) is 8.42 Å². The van der Waals surface area contributed by atoms with Crippen molar-refractivity contribution in [2.75, 3.05) is 18.6 Å². The van der Waals surface area contributed by atoms with Crippen molar-refractivity contribution in [3.8, 4) is 5.75 Å². The highest BCUT2D eigenvalue weighted by Crippen LogP contribution is 2.62. The molecule has 0 amide bonds. The van der Waals surface area contributed by atoms with E-state index >= 15 is 0 Å². The predicted octanol–water partition coefficient (Wildman–Crippen LogP) is 3.67. The summed E-state index contributed by atoms with van der Waals surface area (Å²) in [6.45, 7) is 2.89. The van der Waals surface area contributed by atoms with Gasteiger partial charge in [-0.15, -0.1) is 0 Å². The lowest BCUT2D eigenvalue weighted by atomic mass is 9.49. The van der Waals surface area contributed by atoms with Crippen molar-refractivity contribution in [3.05, 3.63) is 16.6 Å². The number of unbranched alkanes of at least 4 members (excludes halogenated alkanes) is 1. The molecule has 25 heavy (non-hydrogen) atoms. The second-order valence-electron chi connectivity index (χ2n) is 7.73. The summed E-state index contributed by atoms with van der Waals surface area (Å²) in [4.78, 5) is 2.72. The molecule has 5 rings (SSSR count). The van der Waals surface area contributed by atoms with Crippen molar-refractivity contribution in [1.29, 1.82) is 0 Å². The number of fused-ring (bicyclic) bond motifs is 1. The fourth-order valence-electron chi connectivity index (χ4n) is 4.56. The second kappa shape index (κ2) is 6.13. The number of ether oxygens (including phenoxy) is 1. The zero-order chi connectivity index (χ0) is 17.8. The maximum Gasteiger partial charge on any atom is 0.243 e. The van der Waals surface area contributed by atoms with Crippen molar-refractivity contribution in [2.45, 2.75) is 61.9 Å². The van der Waals surface area contributed by atoms with E-state index in [1.165, 1.54) is 19.3 Å². The van der Waals surface area contributed by atoms with Crippen molar-refractivity contribution < 1.29 is 13.2 Å². The average molecular weight is 429 g/mol. The average Bonchev–Trinajstić information content (AvgIpc) is 2.57. The Balaban J connectivity index is 1.81. The summed E-state index contributed by atoms with van der Waals surface area (Å²) in [5, 5.41) is 0. The van der Waals surface area contributed by atoms with Crippen LogP contribution in [0.25, 0.3) is 0 Å². The summed E-state index contributed by atoms with van der Waals surface area (Å²) in [5.74, 6) is 1.39. The molecule has 0 spiro atoms. The van der Waals surface area contributed by atoms with Crippen molar-refractivity contribution in [1.82, 2.24) is 4.72 Å². The van der Waals surface area contributed by atoms with Gasteiger partial charge in [0.05, 0.1) is 17.3 Å². The van der Waals surface area contributed by atoms with Crippen LogP contribution in [0.15, 0.2) is 21.5 Å². The molecule has 4 aliphatic rings. The predicted molar refractivity (Wildman–Crippen MR) is 102 cm³/mol. The Morgan fingerprint density at radius 3 is 2.64 bits per heavy atom. The fraction of sp³-hybridized carbons (Fsp3) is 0.667. The standard InChI is InChI=1S/C18H25BrN2O3S/c1-3-4-5-13-11-21(18-8-12(9-18)10-18)15-6-14(19)16(24-2)7-17(15)25(22,23)20-13/h6-7,12-13,20H,3-5,8-11H2,1-2H3. The van der Waals surface area contributed by atoms with E-state index in [4.69, 9.17) is 4.74 Å². The topological polar surface area (TPSA) is 58.6 Å². The number of nitrogens with one attached hydrogen (secondary N) is 1. The Hall–Kier alpha value is -0.790. The lowest BCUT2D eigenvalue weighted by Crippen LogP contribution is -2.69. The quantitative estimate of drug-likeness (QED) is 0.776. The van der Waals surface area contributed by atoms with E-state index in [2.05, 4.69) is 32.5 Å². The van der Waals surface area contributed by atoms with E-state index in [0.29, 0.717) is 10.6 Å². The molecule has 1 atom stereocenters. The molecule has 1 aliphatic heterocycles. The van der Waals surface area contributed by atoms with Gasteiger partial charge in [0.15, 0.2) is 0 Å². The summed E-state index contributed by atoms with van der Waals surface area (Å²) >= 11 is 3.54. The van der Waals surface area contributed by atoms with Gasteiger partial charge in [-0.25, -0.2) is 13.1 Å². The van der Waals surface area contributed by atoms with Gasteiger partial charge in [-0.05, 0) is 53.6 Å². The number of halogens is 1. The van der Waals surface area contributed by atoms with E-state index in [-0.39, 0.29) is 11.6 Å². The molecule has 3 fully saturated rings. The summed E-state index contributed by atoms with van der Waals surface area (Å²) < 4.78 is 35.2. The zero-order valence-electron chi connectivity index (χ0n) is 14.7. The molecule has 5 nitrogen and oxygen atoms in total. The zero-order valence-corrected chi connectivity index (χ0v) is 17.1. The van der Waals surface area contributed by atoms with Crippen LogP contribution in [0.1, 0.15) is 45.4 Å². The van der Waals surface area contributed by atoms with Gasteiger partial charge >= 0.3 is 0 Å². The number of nitrogens with zero attached hydrogens (tertiary/aromatic N) is 1. The van der Waals surface area contributed by atoms with E-state index < -0.39 is 10.0 Å². The highest BCUT2D eigenvalue weighted by Gasteiger charge is 2.61. The molecule has 1 aromatic rings. The molecule has 3 saturated carbocycles. The Kier molecular flexibility index (Phi) is 4.32. The van der Waals surface area contributed by atoms with Crippen molar-refractivity contribution in [3.63, 3.8) is 0 Å². The Morgan fingerprint density at radius 1 is 1.36 bits per heavy atom. The van der Waals surface area contributed by atoms with Crippen LogP contribution in [-0.4, -0.2) is 33.7 Å². The first kappa shape index (κ1) is 17.6. The summed E-state index contributed by atoms with van der Waals surface area (Å²) in [6.07, 6.45) is 6.54. The number of benzene rings is 1. The minimum atomic E-state index is -3.56. The molecule has 1 unspecified atom stereocenters. The van der Waals surface area contributed by atoms with Crippen LogP contribution in [0.5, 0.6) is 5.75 Å². The third kappa shape index (κ3) is 2.79. The highest BCUT2D eigenvalue weighted by atomic mass is 79.9. The molecule has 0 radical (unpaired) electrons. The third-order valence-corrected chi connectivity index (χ3v) is 8.19. The Morgan fingerprint density at radius 2 is 2.08 bits per heavy atom. The molecular formula is C18H25BrN2O3S. The van der Waals surface area contributed by atoms with Gasteiger partial charge < -0.3 is 9.64 Å². The number of rotatable bonds is 5. The monoisotopic (exact) mass is 428 g/mol. The number of hydrogen-bond donors (Lipinski definition) is 1. The molecule has 1 heterocycles. The van der Waals surface area contributed by atoms with Crippen LogP contribution in [0, 0.1) is 5.92 Å². The molecule has 0 aromatic heterocycles. The number of methoxy groups -OCH3 is 1. The molecule has 2 bridgehead atoms. The summed E-state index contributed by atoms with van der Waals surface area (Å²) in [6, 6.07) is 3.54. The van der Waals surface area contributed by atoms with Gasteiger partial charge in [0.25, 0.3) is 0 Å². The number of anilines is 1. The normalized spacial score (nSPS) is 32.2. The lowest BCUT2D eigenvalue weighted by molar-refractivity contribution is -0.0260. The van der Waals surface area contributed by atoms with Gasteiger partial charge in [0.2, 0.25) is 10.0 Å². The first-order valence-electron chi connectivity index (χ1n) is 9.06. The smallest absolute Gasteiger partial charge is 0.243 e. The molecule has 138 valence electrons. The lowest BCUT2D eigenvalue weighted by Gasteiger charge is -2.67. The molecule has 3 aliphatic carbocycles. The maximum atomic E-state index is 13.0. The largest absolute Gasteiger partial charge is 0.496 e. The summed E-state index contributed by atoms with van der Waals surface area (Å²) in [5.41, 5.74) is 0.983. The van der Waals surface area contributed by atoms with E-state index in [1.54, 1.807) is 13.2 Å². The fourth-order valence-corrected chi connectivity index (χ4v) is 6.52. The van der Waals surface area contributed by atoms with Gasteiger partial charge in [-0.2, -0.15) is 0 Å². The van der Waals surface area contributed by atoms with Crippen LogP contribution >= 0.6 is 15.9 Å². The number of hydrogen-bond acceptors (Lipinski definition) is 4. The first-order valence-corrected chi connectivity index (χ1v) is 11.3. The van der Waals surface area contributed by atoms with Gasteiger partial charge in [0, 0.05) is 24.2 Å². The van der Waals surface area contributed by atoms with Crippen molar-refractivity contribution in [2.24, 2.45) is 5.92 Å². The van der Waals surface area contributed by atoms with Crippen LogP contribution < -0.4 is 14.4 Å². The highest BCUT2D eigenvalue weighted by molar-refractivity contribution is 9.10. The Bertz CT molecular complexity index is 779. The summed E-state index contributed by atoms with van der Waals surface area (Å²) in [7, 11) is -2.00. The molecule has 1 aromatic carbocycles. The maximum absolute atomic E-state index is 13.0. The van der Waals surface area contributed by atoms with Gasteiger partial charge in [0.1, 0.15) is 10.6 Å². The number of sulfonamides is 1. The van der Waals surface area contributed by atoms with Crippen LogP contribution in [0.3, 0.4) is 0 Å². The van der Waals surface area contributed by atoms with Crippen LogP contribution in [0.2, 0.25) is 0 Å². The van der Waals surface area contributed by atoms with Gasteiger partial charge in [-0.3, -0.25) is 0 Å². The molecule has 7 heteroatoms. The molecule has 1 N–H and O–H groups in total. The minimum absolute atomic E-state index is 0.0452. The third-order valence-electron chi connectivity index (χ3n) is 6.02. The van der Waals surface area contributed by atoms with Gasteiger partial charge in [-0.1, -0.05) is 19.8 Å². The molecular weight excluding hydrogens is 404 g/mol. The molecule has 0 saturated heterocycles. The van der Waals surface area contributed by atoms with Crippen molar-refractivity contribution >= 4 is 31.6 Å². The minimum Gasteiger partial charge on any atom is -0.496 e. The SMILES string of the molecule is CCCCC1CN(C23CC(C2)C3)c2cc(Br)c(OC)cc2S(=O)(=O)N1. The van der Waals surface area contributed by atoms with E-state index in [1.807, 2.05) is 6.07 Å². The van der Waals surface area contributed by atoms with E-state index in [0.717, 1.165) is 41.9 Å². The second-order valence-corrected chi connectivity index (χ2v) is 10.3. The first-order chi connectivity index (χ1) is 11.9.